The van der Waals surface area contributed by atoms with Gasteiger partial charge in [0.25, 0.3) is 0 Å². The van der Waals surface area contributed by atoms with E-state index in [0.717, 1.165) is 0 Å². The molecule has 0 fully saturated rings. The minimum atomic E-state index is -3.21. The van der Waals surface area contributed by atoms with Gasteiger partial charge in [0, 0.05) is 12.1 Å². The molecule has 0 saturated heterocycles. The van der Waals surface area contributed by atoms with E-state index < -0.39 is 14.6 Å². The van der Waals surface area contributed by atoms with Gasteiger partial charge in [-0.05, 0) is 38.5 Å². The standard InChI is InChI=1S/C14H21NO3S/c1-5-13(16)15-12-8-6-7-11(9-12)10-19(17,18)14(2,3)4/h6-9H,5,10H2,1-4H3,(H,15,16). The molecule has 19 heavy (non-hydrogen) atoms. The van der Waals surface area contributed by atoms with Crippen molar-refractivity contribution in [2.24, 2.45) is 0 Å². The Morgan fingerprint density at radius 1 is 1.26 bits per heavy atom. The van der Waals surface area contributed by atoms with Crippen LogP contribution in [0.5, 0.6) is 0 Å². The number of carbonyl (C=O) groups is 1. The van der Waals surface area contributed by atoms with Gasteiger partial charge >= 0.3 is 0 Å². The lowest BCUT2D eigenvalue weighted by Crippen LogP contribution is -2.29. The van der Waals surface area contributed by atoms with Crippen molar-refractivity contribution >= 4 is 21.4 Å². The Morgan fingerprint density at radius 2 is 1.89 bits per heavy atom. The van der Waals surface area contributed by atoms with Crippen molar-refractivity contribution in [1.29, 1.82) is 0 Å². The van der Waals surface area contributed by atoms with Crippen LogP contribution in [0.15, 0.2) is 24.3 Å². The third-order valence-electron chi connectivity index (χ3n) is 2.82. The molecule has 0 aliphatic heterocycles. The van der Waals surface area contributed by atoms with Gasteiger partial charge in [0.1, 0.15) is 0 Å². The minimum Gasteiger partial charge on any atom is -0.326 e. The zero-order valence-corrected chi connectivity index (χ0v) is 12.7. The van der Waals surface area contributed by atoms with Gasteiger partial charge in [0.15, 0.2) is 9.84 Å². The number of carbonyl (C=O) groups excluding carboxylic acids is 1. The molecule has 0 spiro atoms. The van der Waals surface area contributed by atoms with Gasteiger partial charge in [-0.1, -0.05) is 19.1 Å². The maximum Gasteiger partial charge on any atom is 0.224 e. The molecular formula is C14H21NO3S. The summed E-state index contributed by atoms with van der Waals surface area (Å²) >= 11 is 0. The first-order chi connectivity index (χ1) is 8.65. The van der Waals surface area contributed by atoms with Crippen molar-refractivity contribution in [3.05, 3.63) is 29.8 Å². The molecule has 1 aromatic rings. The van der Waals surface area contributed by atoms with Crippen LogP contribution in [0.3, 0.4) is 0 Å². The molecule has 4 nitrogen and oxygen atoms in total. The summed E-state index contributed by atoms with van der Waals surface area (Å²) in [5.74, 6) is -0.109. The Hall–Kier alpha value is -1.36. The second-order valence-corrected chi connectivity index (χ2v) is 8.22. The van der Waals surface area contributed by atoms with E-state index in [1.165, 1.54) is 0 Å². The Morgan fingerprint density at radius 3 is 2.42 bits per heavy atom. The number of anilines is 1. The number of benzene rings is 1. The fourth-order valence-corrected chi connectivity index (χ4v) is 2.48. The van der Waals surface area contributed by atoms with Crippen LogP contribution in [0.25, 0.3) is 0 Å². The van der Waals surface area contributed by atoms with Crippen LogP contribution in [-0.2, 0) is 20.4 Å². The lowest BCUT2D eigenvalue weighted by molar-refractivity contribution is -0.115. The smallest absolute Gasteiger partial charge is 0.224 e. The van der Waals surface area contributed by atoms with Crippen LogP contribution in [0.1, 0.15) is 39.7 Å². The van der Waals surface area contributed by atoms with Crippen molar-refractivity contribution in [2.45, 2.75) is 44.6 Å². The van der Waals surface area contributed by atoms with E-state index in [-0.39, 0.29) is 11.7 Å². The van der Waals surface area contributed by atoms with E-state index in [0.29, 0.717) is 17.7 Å². The Labute approximate surface area is 115 Å². The predicted octanol–water partition coefficient (Wildman–Crippen LogP) is 2.75. The molecule has 0 atom stereocenters. The fraction of sp³-hybridized carbons (Fsp3) is 0.500. The number of hydrogen-bond donors (Lipinski definition) is 1. The summed E-state index contributed by atoms with van der Waals surface area (Å²) in [6.45, 7) is 6.82. The van der Waals surface area contributed by atoms with Crippen LogP contribution in [-0.4, -0.2) is 19.1 Å². The van der Waals surface area contributed by atoms with Gasteiger partial charge in [-0.15, -0.1) is 0 Å². The van der Waals surface area contributed by atoms with Gasteiger partial charge in [0.05, 0.1) is 10.5 Å². The van der Waals surface area contributed by atoms with Crippen LogP contribution < -0.4 is 5.32 Å². The molecule has 1 aromatic carbocycles. The molecule has 0 radical (unpaired) electrons. The maximum absolute atomic E-state index is 12.1. The van der Waals surface area contributed by atoms with Gasteiger partial charge in [-0.3, -0.25) is 4.79 Å². The molecule has 0 aliphatic rings. The Balaban J connectivity index is 2.92. The quantitative estimate of drug-likeness (QED) is 0.924. The molecule has 0 saturated carbocycles. The molecule has 1 rings (SSSR count). The summed E-state index contributed by atoms with van der Waals surface area (Å²) in [4.78, 5) is 11.3. The van der Waals surface area contributed by atoms with Crippen LogP contribution >= 0.6 is 0 Å². The molecule has 106 valence electrons. The van der Waals surface area contributed by atoms with Crippen molar-refractivity contribution in [2.75, 3.05) is 5.32 Å². The van der Waals surface area contributed by atoms with Crippen LogP contribution in [0.2, 0.25) is 0 Å². The fourth-order valence-electron chi connectivity index (χ4n) is 1.42. The number of nitrogens with one attached hydrogen (secondary N) is 1. The molecule has 1 amide bonds. The van der Waals surface area contributed by atoms with E-state index in [9.17, 15) is 13.2 Å². The van der Waals surface area contributed by atoms with Gasteiger partial charge in [0.2, 0.25) is 5.91 Å². The molecule has 0 heterocycles. The van der Waals surface area contributed by atoms with E-state index in [1.807, 2.05) is 0 Å². The minimum absolute atomic E-state index is 0.0215. The van der Waals surface area contributed by atoms with E-state index in [2.05, 4.69) is 5.32 Å². The summed E-state index contributed by atoms with van der Waals surface area (Å²) in [5, 5.41) is 2.72. The summed E-state index contributed by atoms with van der Waals surface area (Å²) in [7, 11) is -3.21. The number of sulfone groups is 1. The summed E-state index contributed by atoms with van der Waals surface area (Å²) in [5.41, 5.74) is 1.32. The monoisotopic (exact) mass is 283 g/mol. The molecular weight excluding hydrogens is 262 g/mol. The van der Waals surface area contributed by atoms with Crippen molar-refractivity contribution in [3.63, 3.8) is 0 Å². The number of amides is 1. The van der Waals surface area contributed by atoms with Gasteiger partial charge in [-0.25, -0.2) is 8.42 Å². The first-order valence-electron chi connectivity index (χ1n) is 6.27. The third kappa shape index (κ3) is 4.35. The lowest BCUT2D eigenvalue weighted by atomic mass is 10.2. The van der Waals surface area contributed by atoms with Gasteiger partial charge in [-0.2, -0.15) is 0 Å². The second kappa shape index (κ2) is 5.74. The van der Waals surface area contributed by atoms with E-state index in [1.54, 1.807) is 52.0 Å². The molecule has 1 N–H and O–H groups in total. The topological polar surface area (TPSA) is 63.2 Å². The molecule has 5 heteroatoms. The summed E-state index contributed by atoms with van der Waals surface area (Å²) < 4.78 is 23.5. The molecule has 0 aromatic heterocycles. The average Bonchev–Trinajstić information content (AvgIpc) is 2.27. The van der Waals surface area contributed by atoms with Crippen molar-refractivity contribution < 1.29 is 13.2 Å². The SMILES string of the molecule is CCC(=O)Nc1cccc(CS(=O)(=O)C(C)(C)C)c1. The number of hydrogen-bond acceptors (Lipinski definition) is 3. The van der Waals surface area contributed by atoms with E-state index in [4.69, 9.17) is 0 Å². The third-order valence-corrected chi connectivity index (χ3v) is 5.40. The number of rotatable bonds is 4. The first kappa shape index (κ1) is 15.7. The maximum atomic E-state index is 12.1. The second-order valence-electron chi connectivity index (χ2n) is 5.47. The van der Waals surface area contributed by atoms with Crippen molar-refractivity contribution in [3.8, 4) is 0 Å². The average molecular weight is 283 g/mol. The largest absolute Gasteiger partial charge is 0.326 e. The zero-order valence-electron chi connectivity index (χ0n) is 11.9. The van der Waals surface area contributed by atoms with Crippen LogP contribution in [0, 0.1) is 0 Å². The summed E-state index contributed by atoms with van der Waals surface area (Å²) in [6.07, 6.45) is 0.393. The molecule has 0 aliphatic carbocycles. The predicted molar refractivity (Wildman–Crippen MR) is 77.7 cm³/mol. The van der Waals surface area contributed by atoms with E-state index >= 15 is 0 Å². The van der Waals surface area contributed by atoms with Crippen molar-refractivity contribution in [1.82, 2.24) is 0 Å². The normalized spacial score (nSPS) is 12.2. The Bertz CT molecular complexity index is 556. The first-order valence-corrected chi connectivity index (χ1v) is 7.92. The Kier molecular flexibility index (Phi) is 4.74. The highest BCUT2D eigenvalue weighted by molar-refractivity contribution is 7.91. The van der Waals surface area contributed by atoms with Crippen LogP contribution in [0.4, 0.5) is 5.69 Å². The highest BCUT2D eigenvalue weighted by Gasteiger charge is 2.28. The highest BCUT2D eigenvalue weighted by Crippen LogP contribution is 2.22. The molecule has 0 unspecified atom stereocenters. The summed E-state index contributed by atoms with van der Waals surface area (Å²) in [6, 6.07) is 6.96. The zero-order chi connectivity index (χ0) is 14.7. The molecule has 0 bridgehead atoms. The van der Waals surface area contributed by atoms with Gasteiger partial charge < -0.3 is 5.32 Å². The lowest BCUT2D eigenvalue weighted by Gasteiger charge is -2.19. The highest BCUT2D eigenvalue weighted by atomic mass is 32.2.